The molecule has 70 valence electrons. The van der Waals surface area contributed by atoms with Crippen molar-refractivity contribution in [3.63, 3.8) is 0 Å². The minimum atomic E-state index is 0.402. The smallest absolute Gasteiger partial charge is 0.215 e. The van der Waals surface area contributed by atoms with Gasteiger partial charge in [0.1, 0.15) is 11.9 Å². The largest absolute Gasteiger partial charge is 0.474 e. The van der Waals surface area contributed by atoms with E-state index in [4.69, 9.17) is 4.74 Å². The first-order valence-corrected chi connectivity index (χ1v) is 4.70. The average molecular weight is 178 g/mol. The summed E-state index contributed by atoms with van der Waals surface area (Å²) in [4.78, 5) is 4.28. The normalized spacial score (nSPS) is 16.4. The number of nitrogens with zero attached hydrogens (tertiary/aromatic N) is 1. The molecule has 3 nitrogen and oxygen atoms in total. The third kappa shape index (κ3) is 1.91. The van der Waals surface area contributed by atoms with Gasteiger partial charge in [-0.3, -0.25) is 0 Å². The van der Waals surface area contributed by atoms with E-state index in [0.29, 0.717) is 6.10 Å². The predicted octanol–water partition coefficient (Wildman–Crippen LogP) is 2.05. The Kier molecular flexibility index (Phi) is 2.34. The number of aromatic nitrogens is 1. The molecule has 0 amide bonds. The predicted molar refractivity (Wildman–Crippen MR) is 52.1 cm³/mol. The lowest BCUT2D eigenvalue weighted by molar-refractivity contribution is 0.115. The molecule has 1 N–H and O–H groups in total. The van der Waals surface area contributed by atoms with Crippen LogP contribution in [0.3, 0.4) is 0 Å². The third-order valence-electron chi connectivity index (χ3n) is 2.32. The van der Waals surface area contributed by atoms with Crippen molar-refractivity contribution in [2.45, 2.75) is 25.4 Å². The van der Waals surface area contributed by atoms with Crippen molar-refractivity contribution in [2.75, 3.05) is 12.4 Å². The molecule has 0 radical (unpaired) electrons. The second kappa shape index (κ2) is 3.64. The van der Waals surface area contributed by atoms with Gasteiger partial charge in [0, 0.05) is 13.1 Å². The van der Waals surface area contributed by atoms with Gasteiger partial charge in [0.15, 0.2) is 0 Å². The van der Waals surface area contributed by atoms with Gasteiger partial charge in [0.05, 0.1) is 0 Å². The van der Waals surface area contributed by atoms with Crippen LogP contribution < -0.4 is 10.1 Å². The van der Waals surface area contributed by atoms with E-state index >= 15 is 0 Å². The van der Waals surface area contributed by atoms with Crippen LogP contribution >= 0.6 is 0 Å². The van der Waals surface area contributed by atoms with E-state index in [1.54, 1.807) is 0 Å². The van der Waals surface area contributed by atoms with Crippen LogP contribution in [0.25, 0.3) is 0 Å². The molecule has 1 heterocycles. The first kappa shape index (κ1) is 8.35. The van der Waals surface area contributed by atoms with Gasteiger partial charge in [-0.15, -0.1) is 0 Å². The van der Waals surface area contributed by atoms with Crippen LogP contribution in [0.15, 0.2) is 18.2 Å². The summed E-state index contributed by atoms with van der Waals surface area (Å²) in [5, 5.41) is 2.99. The first-order valence-electron chi connectivity index (χ1n) is 4.70. The zero-order chi connectivity index (χ0) is 9.10. The molecule has 0 saturated heterocycles. The zero-order valence-corrected chi connectivity index (χ0v) is 7.79. The van der Waals surface area contributed by atoms with Gasteiger partial charge in [0.25, 0.3) is 0 Å². The summed E-state index contributed by atoms with van der Waals surface area (Å²) in [6, 6.07) is 5.78. The maximum Gasteiger partial charge on any atom is 0.215 e. The zero-order valence-electron chi connectivity index (χ0n) is 7.79. The number of anilines is 1. The fraction of sp³-hybridized carbons (Fsp3) is 0.500. The van der Waals surface area contributed by atoms with Crippen molar-refractivity contribution < 1.29 is 4.74 Å². The highest BCUT2D eigenvalue weighted by Crippen LogP contribution is 2.24. The minimum Gasteiger partial charge on any atom is -0.474 e. The Labute approximate surface area is 78.1 Å². The quantitative estimate of drug-likeness (QED) is 0.769. The van der Waals surface area contributed by atoms with Crippen LogP contribution in [0.1, 0.15) is 19.3 Å². The highest BCUT2D eigenvalue weighted by Gasteiger charge is 2.19. The number of hydrogen-bond acceptors (Lipinski definition) is 3. The fourth-order valence-corrected chi connectivity index (χ4v) is 1.28. The Hall–Kier alpha value is -1.25. The van der Waals surface area contributed by atoms with E-state index in [1.807, 2.05) is 25.2 Å². The molecule has 0 atom stereocenters. The van der Waals surface area contributed by atoms with Crippen LogP contribution in [0.5, 0.6) is 5.88 Å². The van der Waals surface area contributed by atoms with Crippen molar-refractivity contribution in [3.05, 3.63) is 18.2 Å². The van der Waals surface area contributed by atoms with Gasteiger partial charge in [-0.25, -0.2) is 0 Å². The molecule has 0 aliphatic heterocycles. The Morgan fingerprint density at radius 3 is 2.92 bits per heavy atom. The molecular formula is C10H14N2O. The average Bonchev–Trinajstić information content (AvgIpc) is 2.12. The Morgan fingerprint density at radius 1 is 1.46 bits per heavy atom. The Morgan fingerprint density at radius 2 is 2.31 bits per heavy atom. The molecule has 13 heavy (non-hydrogen) atoms. The van der Waals surface area contributed by atoms with Crippen molar-refractivity contribution in [1.82, 2.24) is 4.98 Å². The maximum absolute atomic E-state index is 5.64. The number of pyridine rings is 1. The minimum absolute atomic E-state index is 0.402. The molecule has 1 aromatic heterocycles. The molecule has 1 aromatic rings. The summed E-state index contributed by atoms with van der Waals surface area (Å²) in [5.74, 6) is 1.59. The van der Waals surface area contributed by atoms with E-state index in [-0.39, 0.29) is 0 Å². The molecule has 1 saturated carbocycles. The summed E-state index contributed by atoms with van der Waals surface area (Å²) in [5.41, 5.74) is 0. The van der Waals surface area contributed by atoms with E-state index in [1.165, 1.54) is 19.3 Å². The van der Waals surface area contributed by atoms with Crippen LogP contribution in [0.4, 0.5) is 5.82 Å². The van der Waals surface area contributed by atoms with Gasteiger partial charge in [-0.1, -0.05) is 6.07 Å². The standard InChI is InChI=1S/C10H14N2O/c1-11-9-6-3-7-10(12-9)13-8-4-2-5-8/h3,6-8H,2,4-5H2,1H3,(H,11,12). The second-order valence-corrected chi connectivity index (χ2v) is 3.28. The van der Waals surface area contributed by atoms with Gasteiger partial charge >= 0.3 is 0 Å². The lowest BCUT2D eigenvalue weighted by atomic mass is 9.96. The third-order valence-corrected chi connectivity index (χ3v) is 2.32. The van der Waals surface area contributed by atoms with E-state index in [0.717, 1.165) is 11.7 Å². The molecule has 1 aliphatic carbocycles. The van der Waals surface area contributed by atoms with Crippen LogP contribution in [0, 0.1) is 0 Å². The molecule has 3 heteroatoms. The van der Waals surface area contributed by atoms with Crippen LogP contribution in [0.2, 0.25) is 0 Å². The van der Waals surface area contributed by atoms with Crippen molar-refractivity contribution in [1.29, 1.82) is 0 Å². The molecular weight excluding hydrogens is 164 g/mol. The van der Waals surface area contributed by atoms with Gasteiger partial charge in [-0.05, 0) is 25.3 Å². The SMILES string of the molecule is CNc1cccc(OC2CCC2)n1. The van der Waals surface area contributed by atoms with Gasteiger partial charge < -0.3 is 10.1 Å². The molecule has 1 aliphatic rings. The highest BCUT2D eigenvalue weighted by atomic mass is 16.5. The van der Waals surface area contributed by atoms with Crippen LogP contribution in [-0.2, 0) is 0 Å². The van der Waals surface area contributed by atoms with Gasteiger partial charge in [-0.2, -0.15) is 4.98 Å². The van der Waals surface area contributed by atoms with Crippen molar-refractivity contribution in [2.24, 2.45) is 0 Å². The summed E-state index contributed by atoms with van der Waals surface area (Å²) in [6.45, 7) is 0. The second-order valence-electron chi connectivity index (χ2n) is 3.28. The maximum atomic E-state index is 5.64. The highest BCUT2D eigenvalue weighted by molar-refractivity contribution is 5.36. The Balaban J connectivity index is 2.01. The number of nitrogens with one attached hydrogen (secondary N) is 1. The molecule has 0 spiro atoms. The van der Waals surface area contributed by atoms with E-state index in [2.05, 4.69) is 10.3 Å². The summed E-state index contributed by atoms with van der Waals surface area (Å²) >= 11 is 0. The van der Waals surface area contributed by atoms with E-state index < -0.39 is 0 Å². The summed E-state index contributed by atoms with van der Waals surface area (Å²) in [6.07, 6.45) is 4.03. The summed E-state index contributed by atoms with van der Waals surface area (Å²) in [7, 11) is 1.86. The lowest BCUT2D eigenvalue weighted by Gasteiger charge is -2.25. The number of ether oxygens (including phenoxy) is 1. The molecule has 0 bridgehead atoms. The molecule has 2 rings (SSSR count). The Bertz CT molecular complexity index is 284. The fourth-order valence-electron chi connectivity index (χ4n) is 1.28. The number of rotatable bonds is 3. The van der Waals surface area contributed by atoms with Gasteiger partial charge in [0.2, 0.25) is 5.88 Å². The number of hydrogen-bond donors (Lipinski definition) is 1. The molecule has 0 unspecified atom stereocenters. The topological polar surface area (TPSA) is 34.1 Å². The van der Waals surface area contributed by atoms with Crippen molar-refractivity contribution >= 4 is 5.82 Å². The van der Waals surface area contributed by atoms with Crippen LogP contribution in [-0.4, -0.2) is 18.1 Å². The first-order chi connectivity index (χ1) is 6.38. The van der Waals surface area contributed by atoms with Crippen molar-refractivity contribution in [3.8, 4) is 5.88 Å². The summed E-state index contributed by atoms with van der Waals surface area (Å²) < 4.78 is 5.64. The monoisotopic (exact) mass is 178 g/mol. The van der Waals surface area contributed by atoms with E-state index in [9.17, 15) is 0 Å². The lowest BCUT2D eigenvalue weighted by Crippen LogP contribution is -2.24. The molecule has 0 aromatic carbocycles. The molecule has 1 fully saturated rings.